The summed E-state index contributed by atoms with van der Waals surface area (Å²) < 4.78 is 64.0. The van der Waals surface area contributed by atoms with E-state index in [1.54, 1.807) is 0 Å². The van der Waals surface area contributed by atoms with Crippen LogP contribution in [0.15, 0.2) is 24.4 Å². The maximum Gasteiger partial charge on any atom is 0.406 e. The minimum Gasteiger partial charge on any atom is -0.459 e. The van der Waals surface area contributed by atoms with Crippen LogP contribution in [-0.4, -0.2) is 48.1 Å². The van der Waals surface area contributed by atoms with Crippen LogP contribution >= 0.6 is 0 Å². The lowest BCUT2D eigenvalue weighted by molar-refractivity contribution is -0.139. The van der Waals surface area contributed by atoms with Gasteiger partial charge in [0, 0.05) is 42.0 Å². The number of morpholine rings is 1. The quantitative estimate of drug-likeness (QED) is 0.651. The zero-order valence-corrected chi connectivity index (χ0v) is 14.3. The Bertz CT molecular complexity index is 852. The molecule has 2 saturated heterocycles. The molecule has 1 aromatic heterocycles. The Labute approximate surface area is 152 Å². The molecule has 3 heterocycles. The van der Waals surface area contributed by atoms with Crippen LogP contribution in [0.4, 0.5) is 17.6 Å². The summed E-state index contributed by atoms with van der Waals surface area (Å²) >= 11 is 0. The second-order valence-corrected chi connectivity index (χ2v) is 7.04. The number of fused-ring (bicyclic) bond motifs is 3. The highest BCUT2D eigenvalue weighted by Gasteiger charge is 2.35. The van der Waals surface area contributed by atoms with Crippen molar-refractivity contribution < 1.29 is 31.8 Å². The topological polar surface area (TPSA) is 52.5 Å². The summed E-state index contributed by atoms with van der Waals surface area (Å²) in [6, 6.07) is 3.53. The average molecular weight is 386 g/mol. The van der Waals surface area contributed by atoms with E-state index in [0.29, 0.717) is 26.1 Å². The molecule has 27 heavy (non-hydrogen) atoms. The van der Waals surface area contributed by atoms with Gasteiger partial charge in [-0.05, 0) is 18.2 Å². The number of halogens is 4. The van der Waals surface area contributed by atoms with E-state index in [4.69, 9.17) is 9.47 Å². The third-order valence-corrected chi connectivity index (χ3v) is 4.89. The van der Waals surface area contributed by atoms with Gasteiger partial charge in [-0.25, -0.2) is 9.18 Å². The van der Waals surface area contributed by atoms with Crippen LogP contribution in [0.1, 0.15) is 23.2 Å². The monoisotopic (exact) mass is 386 g/mol. The molecule has 1 N–H and O–H groups in total. The number of benzene rings is 1. The number of ether oxygens (including phenoxy) is 2. The first-order chi connectivity index (χ1) is 12.8. The van der Waals surface area contributed by atoms with Gasteiger partial charge >= 0.3 is 12.1 Å². The highest BCUT2D eigenvalue weighted by molar-refractivity contribution is 6.04. The Morgan fingerprint density at radius 2 is 1.96 bits per heavy atom. The fourth-order valence-corrected chi connectivity index (χ4v) is 3.85. The lowest BCUT2D eigenvalue weighted by Gasteiger charge is -2.39. The maximum atomic E-state index is 13.6. The van der Waals surface area contributed by atoms with E-state index in [1.165, 1.54) is 6.07 Å². The molecule has 0 aliphatic carbocycles. The van der Waals surface area contributed by atoms with Crippen molar-refractivity contribution >= 4 is 16.9 Å². The van der Waals surface area contributed by atoms with Crippen molar-refractivity contribution in [3.63, 3.8) is 0 Å². The molecule has 2 aromatic rings. The number of aromatic nitrogens is 1. The molecule has 9 heteroatoms. The fraction of sp³-hybridized carbons (Fsp3) is 0.500. The van der Waals surface area contributed by atoms with Gasteiger partial charge in [-0.3, -0.25) is 0 Å². The van der Waals surface area contributed by atoms with Gasteiger partial charge in [-0.1, -0.05) is 0 Å². The Morgan fingerprint density at radius 1 is 1.26 bits per heavy atom. The van der Waals surface area contributed by atoms with E-state index in [0.717, 1.165) is 22.9 Å². The number of piperidine rings is 1. The van der Waals surface area contributed by atoms with Gasteiger partial charge in [-0.15, -0.1) is 0 Å². The molecule has 0 amide bonds. The van der Waals surface area contributed by atoms with Crippen molar-refractivity contribution in [2.45, 2.75) is 43.8 Å². The Balaban J connectivity index is 1.60. The van der Waals surface area contributed by atoms with Crippen LogP contribution in [0.2, 0.25) is 0 Å². The van der Waals surface area contributed by atoms with Crippen molar-refractivity contribution in [3.05, 3.63) is 35.8 Å². The van der Waals surface area contributed by atoms with Gasteiger partial charge in [-0.2, -0.15) is 13.2 Å². The number of esters is 1. The van der Waals surface area contributed by atoms with E-state index in [2.05, 4.69) is 5.32 Å². The number of nitrogens with one attached hydrogen (secondary N) is 1. The SMILES string of the molecule is O=C(OC1C[C@H]2COC[C@@H](C1)N2)c1cn(CC(F)(F)F)c2ccc(F)cc12. The molecule has 3 atom stereocenters. The molecule has 2 fully saturated rings. The first-order valence-electron chi connectivity index (χ1n) is 8.68. The van der Waals surface area contributed by atoms with Crippen molar-refractivity contribution in [2.24, 2.45) is 0 Å². The molecule has 2 aliphatic rings. The molecular weight excluding hydrogens is 368 g/mol. The molecule has 2 aliphatic heterocycles. The lowest BCUT2D eigenvalue weighted by Crippen LogP contribution is -2.56. The molecule has 5 nitrogen and oxygen atoms in total. The van der Waals surface area contributed by atoms with Crippen LogP contribution in [-0.2, 0) is 16.0 Å². The second kappa shape index (κ2) is 6.79. The lowest BCUT2D eigenvalue weighted by atomic mass is 9.94. The predicted octanol–water partition coefficient (Wildman–Crippen LogP) is 3.02. The molecule has 0 saturated carbocycles. The Kier molecular flexibility index (Phi) is 4.59. The third-order valence-electron chi connectivity index (χ3n) is 4.89. The first-order valence-corrected chi connectivity index (χ1v) is 8.68. The van der Waals surface area contributed by atoms with E-state index in [1.807, 2.05) is 0 Å². The van der Waals surface area contributed by atoms with Gasteiger partial charge in [0.2, 0.25) is 0 Å². The Morgan fingerprint density at radius 3 is 2.63 bits per heavy atom. The minimum absolute atomic E-state index is 0.0614. The maximum absolute atomic E-state index is 13.6. The van der Waals surface area contributed by atoms with E-state index < -0.39 is 24.5 Å². The summed E-state index contributed by atoms with van der Waals surface area (Å²) in [5.41, 5.74) is 0.0740. The number of hydrogen-bond acceptors (Lipinski definition) is 4. The van der Waals surface area contributed by atoms with Crippen LogP contribution in [0, 0.1) is 5.82 Å². The second-order valence-electron chi connectivity index (χ2n) is 7.04. The highest BCUT2D eigenvalue weighted by Crippen LogP contribution is 2.29. The molecule has 2 bridgehead atoms. The van der Waals surface area contributed by atoms with Crippen molar-refractivity contribution in [1.82, 2.24) is 9.88 Å². The standard InChI is InChI=1S/C18H18F4N2O3/c19-10-1-2-16-14(3-10)15(6-24(16)9-18(20,21)22)17(25)27-13-4-11-7-26-8-12(5-13)23-11/h1-3,6,11-13,23H,4-5,7-9H2/t11-,12+,13?. The highest BCUT2D eigenvalue weighted by atomic mass is 19.4. The summed E-state index contributed by atoms with van der Waals surface area (Å²) in [7, 11) is 0. The van der Waals surface area contributed by atoms with Crippen LogP contribution in [0.3, 0.4) is 0 Å². The number of rotatable bonds is 3. The van der Waals surface area contributed by atoms with Gasteiger partial charge in [0.15, 0.2) is 0 Å². The van der Waals surface area contributed by atoms with Gasteiger partial charge < -0.3 is 19.4 Å². The molecule has 4 rings (SSSR count). The normalized spacial score (nSPS) is 25.6. The fourth-order valence-electron chi connectivity index (χ4n) is 3.85. The smallest absolute Gasteiger partial charge is 0.406 e. The summed E-state index contributed by atoms with van der Waals surface area (Å²) in [4.78, 5) is 12.6. The molecule has 1 aromatic carbocycles. The van der Waals surface area contributed by atoms with Gasteiger partial charge in [0.05, 0.1) is 18.8 Å². The average Bonchev–Trinajstić information content (AvgIpc) is 2.90. The number of carbonyl (C=O) groups excluding carboxylic acids is 1. The van der Waals surface area contributed by atoms with Crippen molar-refractivity contribution in [2.75, 3.05) is 13.2 Å². The first kappa shape index (κ1) is 18.2. The van der Waals surface area contributed by atoms with Crippen LogP contribution in [0.5, 0.6) is 0 Å². The zero-order valence-electron chi connectivity index (χ0n) is 14.3. The van der Waals surface area contributed by atoms with Gasteiger partial charge in [0.25, 0.3) is 0 Å². The number of alkyl halides is 3. The molecule has 0 radical (unpaired) electrons. The van der Waals surface area contributed by atoms with E-state index in [-0.39, 0.29) is 34.7 Å². The number of hydrogen-bond donors (Lipinski definition) is 1. The largest absolute Gasteiger partial charge is 0.459 e. The number of carbonyl (C=O) groups is 1. The third kappa shape index (κ3) is 3.93. The van der Waals surface area contributed by atoms with Crippen LogP contribution < -0.4 is 5.32 Å². The van der Waals surface area contributed by atoms with E-state index in [9.17, 15) is 22.4 Å². The van der Waals surface area contributed by atoms with Gasteiger partial charge in [0.1, 0.15) is 18.5 Å². The molecule has 0 spiro atoms. The molecule has 146 valence electrons. The Hall–Kier alpha value is -2.13. The number of nitrogens with zero attached hydrogens (tertiary/aromatic N) is 1. The van der Waals surface area contributed by atoms with Crippen molar-refractivity contribution in [3.8, 4) is 0 Å². The summed E-state index contributed by atoms with van der Waals surface area (Å²) in [5.74, 6) is -1.37. The minimum atomic E-state index is -4.46. The molecular formula is C18H18F4N2O3. The summed E-state index contributed by atoms with van der Waals surface area (Å²) in [5, 5.41) is 3.48. The summed E-state index contributed by atoms with van der Waals surface area (Å²) in [6.45, 7) is -0.210. The predicted molar refractivity (Wildman–Crippen MR) is 87.9 cm³/mol. The van der Waals surface area contributed by atoms with E-state index >= 15 is 0 Å². The van der Waals surface area contributed by atoms with Crippen LogP contribution in [0.25, 0.3) is 10.9 Å². The zero-order chi connectivity index (χ0) is 19.2. The summed E-state index contributed by atoms with van der Waals surface area (Å²) in [6.07, 6.45) is -2.60. The van der Waals surface area contributed by atoms with Crippen molar-refractivity contribution in [1.29, 1.82) is 0 Å². The molecule has 1 unspecified atom stereocenters.